The van der Waals surface area contributed by atoms with Crippen molar-refractivity contribution in [2.45, 2.75) is 45.6 Å². The minimum atomic E-state index is 0. The third kappa shape index (κ3) is 5.40. The summed E-state index contributed by atoms with van der Waals surface area (Å²) in [4.78, 5) is 14.2. The highest BCUT2D eigenvalue weighted by Crippen LogP contribution is 2.23. The van der Waals surface area contributed by atoms with Crippen molar-refractivity contribution in [2.24, 2.45) is 11.7 Å². The second kappa shape index (κ2) is 9.14. The molecule has 1 heterocycles. The maximum Gasteiger partial charge on any atom is 0.226 e. The van der Waals surface area contributed by atoms with Crippen molar-refractivity contribution in [2.75, 3.05) is 19.7 Å². The predicted octanol–water partition coefficient (Wildman–Crippen LogP) is 3.20. The molecular weight excluding hydrogens is 312 g/mol. The van der Waals surface area contributed by atoms with Crippen molar-refractivity contribution in [1.29, 1.82) is 0 Å². The summed E-state index contributed by atoms with van der Waals surface area (Å²) in [7, 11) is 0. The fourth-order valence-electron chi connectivity index (χ4n) is 3.01. The first kappa shape index (κ1) is 19.8. The molecule has 0 saturated carbocycles. The Hall–Kier alpha value is -1.26. The molecule has 2 unspecified atom stereocenters. The van der Waals surface area contributed by atoms with Crippen LogP contribution in [0.2, 0.25) is 0 Å². The van der Waals surface area contributed by atoms with Crippen molar-refractivity contribution >= 4 is 18.3 Å². The van der Waals surface area contributed by atoms with Crippen LogP contribution in [-0.2, 0) is 4.79 Å². The van der Waals surface area contributed by atoms with Gasteiger partial charge in [-0.2, -0.15) is 0 Å². The van der Waals surface area contributed by atoms with Gasteiger partial charge in [-0.25, -0.2) is 0 Å². The molecule has 5 heteroatoms. The molecule has 1 aromatic carbocycles. The summed E-state index contributed by atoms with van der Waals surface area (Å²) >= 11 is 0. The molecule has 0 aromatic heterocycles. The second-order valence-corrected chi connectivity index (χ2v) is 6.55. The van der Waals surface area contributed by atoms with Gasteiger partial charge >= 0.3 is 0 Å². The lowest BCUT2D eigenvalue weighted by molar-refractivity contribution is -0.132. The summed E-state index contributed by atoms with van der Waals surface area (Å²) in [6.45, 7) is 8.31. The Bertz CT molecular complexity index is 490. The van der Waals surface area contributed by atoms with Crippen LogP contribution in [0.5, 0.6) is 5.75 Å². The average molecular weight is 341 g/mol. The molecular formula is C18H29ClN2O2. The predicted molar refractivity (Wildman–Crippen MR) is 96.2 cm³/mol. The van der Waals surface area contributed by atoms with E-state index in [1.807, 2.05) is 17.0 Å². The van der Waals surface area contributed by atoms with Gasteiger partial charge in [-0.05, 0) is 49.4 Å². The van der Waals surface area contributed by atoms with Gasteiger partial charge in [-0.3, -0.25) is 4.79 Å². The monoisotopic (exact) mass is 340 g/mol. The minimum absolute atomic E-state index is 0. The summed E-state index contributed by atoms with van der Waals surface area (Å²) in [6.07, 6.45) is 1.44. The molecule has 4 nitrogen and oxygen atoms in total. The van der Waals surface area contributed by atoms with E-state index in [0.717, 1.165) is 18.7 Å². The summed E-state index contributed by atoms with van der Waals surface area (Å²) in [5.74, 6) is 1.96. The summed E-state index contributed by atoms with van der Waals surface area (Å²) in [5, 5.41) is 0. The average Bonchev–Trinajstić information content (AvgIpc) is 2.89. The highest BCUT2D eigenvalue weighted by molar-refractivity contribution is 5.85. The van der Waals surface area contributed by atoms with E-state index in [0.29, 0.717) is 37.5 Å². The number of nitrogens with zero attached hydrogens (tertiary/aromatic N) is 1. The third-order valence-corrected chi connectivity index (χ3v) is 4.45. The van der Waals surface area contributed by atoms with Gasteiger partial charge in [-0.1, -0.05) is 26.0 Å². The zero-order valence-electron chi connectivity index (χ0n) is 14.3. The quantitative estimate of drug-likeness (QED) is 0.865. The summed E-state index contributed by atoms with van der Waals surface area (Å²) < 4.78 is 5.69. The molecule has 1 fully saturated rings. The van der Waals surface area contributed by atoms with E-state index in [1.54, 1.807) is 0 Å². The molecule has 1 amide bonds. The number of amides is 1. The maximum atomic E-state index is 12.3. The lowest BCUT2D eigenvalue weighted by Gasteiger charge is -2.21. The first-order valence-electron chi connectivity index (χ1n) is 8.23. The maximum absolute atomic E-state index is 12.3. The highest BCUT2D eigenvalue weighted by Gasteiger charge is 2.31. The molecule has 2 N–H and O–H groups in total. The molecule has 1 aliphatic rings. The minimum Gasteiger partial charge on any atom is -0.493 e. The number of nitrogens with two attached hydrogens (primary N) is 1. The van der Waals surface area contributed by atoms with Crippen LogP contribution in [0.4, 0.5) is 0 Å². The third-order valence-electron chi connectivity index (χ3n) is 4.45. The van der Waals surface area contributed by atoms with E-state index in [9.17, 15) is 4.79 Å². The van der Waals surface area contributed by atoms with Crippen LogP contribution in [0.15, 0.2) is 24.3 Å². The van der Waals surface area contributed by atoms with Gasteiger partial charge in [0.05, 0.1) is 13.0 Å². The van der Waals surface area contributed by atoms with E-state index >= 15 is 0 Å². The van der Waals surface area contributed by atoms with E-state index in [1.165, 1.54) is 5.56 Å². The first-order valence-corrected chi connectivity index (χ1v) is 8.23. The topological polar surface area (TPSA) is 55.6 Å². The molecule has 1 aromatic rings. The summed E-state index contributed by atoms with van der Waals surface area (Å²) in [6, 6.07) is 8.41. The Balaban J connectivity index is 0.00000264. The lowest BCUT2D eigenvalue weighted by Crippen LogP contribution is -2.35. The SMILES string of the molecule is CC(C)c1ccc(OCCC(=O)N2CC(CN)CC2C)cc1.Cl. The van der Waals surface area contributed by atoms with Crippen molar-refractivity contribution in [1.82, 2.24) is 4.90 Å². The van der Waals surface area contributed by atoms with Crippen molar-refractivity contribution < 1.29 is 9.53 Å². The number of halogens is 1. The Labute approximate surface area is 145 Å². The van der Waals surface area contributed by atoms with Crippen LogP contribution in [-0.4, -0.2) is 36.5 Å². The van der Waals surface area contributed by atoms with Crippen molar-refractivity contribution in [3.8, 4) is 5.75 Å². The van der Waals surface area contributed by atoms with E-state index in [-0.39, 0.29) is 18.3 Å². The fourth-order valence-corrected chi connectivity index (χ4v) is 3.01. The molecule has 0 radical (unpaired) electrons. The van der Waals surface area contributed by atoms with Gasteiger partial charge in [0.1, 0.15) is 5.75 Å². The first-order chi connectivity index (χ1) is 10.5. The number of hydrogen-bond acceptors (Lipinski definition) is 3. The molecule has 2 rings (SSSR count). The van der Waals surface area contributed by atoms with Gasteiger partial charge in [0, 0.05) is 12.6 Å². The number of rotatable bonds is 6. The van der Waals surface area contributed by atoms with Gasteiger partial charge < -0.3 is 15.4 Å². The Morgan fingerprint density at radius 1 is 1.35 bits per heavy atom. The van der Waals surface area contributed by atoms with Crippen LogP contribution < -0.4 is 10.5 Å². The van der Waals surface area contributed by atoms with Crippen LogP contribution in [0, 0.1) is 5.92 Å². The number of carbonyl (C=O) groups excluding carboxylic acids is 1. The number of likely N-dealkylation sites (tertiary alicyclic amines) is 1. The van der Waals surface area contributed by atoms with Crippen molar-refractivity contribution in [3.05, 3.63) is 29.8 Å². The van der Waals surface area contributed by atoms with Crippen LogP contribution in [0.25, 0.3) is 0 Å². The Morgan fingerprint density at radius 2 is 2.00 bits per heavy atom. The zero-order chi connectivity index (χ0) is 16.1. The largest absolute Gasteiger partial charge is 0.493 e. The highest BCUT2D eigenvalue weighted by atomic mass is 35.5. The Kier molecular flexibility index (Phi) is 7.86. The van der Waals surface area contributed by atoms with E-state index in [4.69, 9.17) is 10.5 Å². The van der Waals surface area contributed by atoms with Gasteiger partial charge in [0.2, 0.25) is 5.91 Å². The van der Waals surface area contributed by atoms with Crippen LogP contribution >= 0.6 is 12.4 Å². The molecule has 2 atom stereocenters. The normalized spacial score (nSPS) is 20.5. The van der Waals surface area contributed by atoms with E-state index in [2.05, 4.69) is 32.9 Å². The summed E-state index contributed by atoms with van der Waals surface area (Å²) in [5.41, 5.74) is 7.00. The Morgan fingerprint density at radius 3 is 2.52 bits per heavy atom. The molecule has 130 valence electrons. The van der Waals surface area contributed by atoms with Gasteiger partial charge in [0.15, 0.2) is 0 Å². The molecule has 1 aliphatic heterocycles. The van der Waals surface area contributed by atoms with Crippen LogP contribution in [0.1, 0.15) is 45.1 Å². The molecule has 0 spiro atoms. The number of ether oxygens (including phenoxy) is 1. The lowest BCUT2D eigenvalue weighted by atomic mass is 10.0. The van der Waals surface area contributed by atoms with E-state index < -0.39 is 0 Å². The van der Waals surface area contributed by atoms with Gasteiger partial charge in [-0.15, -0.1) is 12.4 Å². The zero-order valence-corrected chi connectivity index (χ0v) is 15.1. The standard InChI is InChI=1S/C18H28N2O2.ClH/c1-13(2)16-4-6-17(7-5-16)22-9-8-18(21)20-12-15(11-19)10-14(20)3;/h4-7,13-15H,8-12,19H2,1-3H3;1H. The molecule has 23 heavy (non-hydrogen) atoms. The number of hydrogen-bond donors (Lipinski definition) is 1. The number of benzene rings is 1. The smallest absolute Gasteiger partial charge is 0.226 e. The number of carbonyl (C=O) groups is 1. The van der Waals surface area contributed by atoms with Crippen molar-refractivity contribution in [3.63, 3.8) is 0 Å². The molecule has 0 aliphatic carbocycles. The fraction of sp³-hybridized carbons (Fsp3) is 0.611. The molecule has 0 bridgehead atoms. The van der Waals surface area contributed by atoms with Crippen LogP contribution in [0.3, 0.4) is 0 Å². The molecule has 1 saturated heterocycles. The van der Waals surface area contributed by atoms with Gasteiger partial charge in [0.25, 0.3) is 0 Å². The second-order valence-electron chi connectivity index (χ2n) is 6.55.